The van der Waals surface area contributed by atoms with Crippen LogP contribution in [0.3, 0.4) is 0 Å². The second-order valence-corrected chi connectivity index (χ2v) is 11.8. The van der Waals surface area contributed by atoms with Gasteiger partial charge in [0.15, 0.2) is 5.78 Å². The number of aromatic nitrogens is 3. The van der Waals surface area contributed by atoms with Gasteiger partial charge in [-0.25, -0.2) is 4.98 Å². The molecule has 2 fully saturated rings. The molecule has 2 aliphatic rings. The van der Waals surface area contributed by atoms with E-state index in [4.69, 9.17) is 42.4 Å². The smallest absolute Gasteiger partial charge is 0.260 e. The van der Waals surface area contributed by atoms with Crippen molar-refractivity contribution < 1.29 is 23.8 Å². The summed E-state index contributed by atoms with van der Waals surface area (Å²) in [7, 11) is 2.93. The van der Waals surface area contributed by atoms with E-state index in [-0.39, 0.29) is 56.9 Å². The number of ether oxygens (including phenoxy) is 3. The zero-order chi connectivity index (χ0) is 33.0. The number of nitrogens with zero attached hydrogens (tertiary/aromatic N) is 5. The Morgan fingerprint density at radius 1 is 1.04 bits per heavy atom. The number of amides is 1. The van der Waals surface area contributed by atoms with E-state index in [0.29, 0.717) is 80.8 Å². The van der Waals surface area contributed by atoms with Crippen LogP contribution in [0.4, 0.5) is 5.95 Å². The minimum absolute atomic E-state index is 0.0655. The molecule has 0 aliphatic carbocycles. The zero-order valence-electron chi connectivity index (χ0n) is 25.8. The first kappa shape index (κ1) is 33.4. The number of ketones is 1. The lowest BCUT2D eigenvalue weighted by molar-refractivity contribution is -0.127. The van der Waals surface area contributed by atoms with E-state index in [9.17, 15) is 14.4 Å². The topological polar surface area (TPSA) is 128 Å². The van der Waals surface area contributed by atoms with Crippen LogP contribution in [0.5, 0.6) is 11.5 Å². The number of hydrogen-bond acceptors (Lipinski definition) is 10. The van der Waals surface area contributed by atoms with Crippen LogP contribution in [0, 0.1) is 5.92 Å². The standard InChI is InChI=1S/C32H36Cl2N6O6/c1-5-21(41)13-20-17-46-18-23(20)36-32-35-16-19-14-22(27-28(33)24(44-3)15-25(45-4)29(27)34)31(43)40(30(19)37-32)12-9-38-7-10-39(11-8-38)26(42)6-2/h5-6,14-16,20,23H,1-2,7-13,17-18H2,3-4H3,(H,35,36,37)/t20-,23+/m0/s1. The van der Waals surface area contributed by atoms with Crippen molar-refractivity contribution in [1.82, 2.24) is 24.3 Å². The SMILES string of the molecule is C=CC(=O)C[C@H]1COC[C@H]1Nc1ncc2cc(-c3c(Cl)c(OC)cc(OC)c3Cl)c(=O)n(CCN3CCN(C(=O)C=C)CC3)c2n1. The van der Waals surface area contributed by atoms with Crippen LogP contribution in [-0.2, 0) is 20.9 Å². The predicted octanol–water partition coefficient (Wildman–Crippen LogP) is 3.68. The Hall–Kier alpha value is -3.97. The third-order valence-corrected chi connectivity index (χ3v) is 9.12. The van der Waals surface area contributed by atoms with Crippen molar-refractivity contribution in [2.75, 3.05) is 65.5 Å². The number of benzene rings is 1. The number of halogens is 2. The van der Waals surface area contributed by atoms with Crippen molar-refractivity contribution in [2.24, 2.45) is 5.92 Å². The fraction of sp³-hybridized carbons (Fsp3) is 0.406. The van der Waals surface area contributed by atoms with Crippen molar-refractivity contribution in [3.63, 3.8) is 0 Å². The molecular weight excluding hydrogens is 635 g/mol. The second kappa shape index (κ2) is 14.6. The number of anilines is 1. The van der Waals surface area contributed by atoms with Crippen LogP contribution >= 0.6 is 23.2 Å². The number of nitrogens with one attached hydrogen (secondary N) is 1. The van der Waals surface area contributed by atoms with Gasteiger partial charge in [0.05, 0.1) is 49.1 Å². The largest absolute Gasteiger partial charge is 0.495 e. The summed E-state index contributed by atoms with van der Waals surface area (Å²) in [4.78, 5) is 51.7. The summed E-state index contributed by atoms with van der Waals surface area (Å²) in [5.74, 6) is 0.663. The van der Waals surface area contributed by atoms with Crippen molar-refractivity contribution in [1.29, 1.82) is 0 Å². The summed E-state index contributed by atoms with van der Waals surface area (Å²) >= 11 is 13.5. The molecule has 2 aliphatic heterocycles. The number of rotatable bonds is 12. The Morgan fingerprint density at radius 2 is 1.74 bits per heavy atom. The van der Waals surface area contributed by atoms with Crippen LogP contribution in [-0.4, -0.2) is 102 Å². The molecule has 5 rings (SSSR count). The lowest BCUT2D eigenvalue weighted by Gasteiger charge is -2.34. The second-order valence-electron chi connectivity index (χ2n) is 11.1. The number of pyridine rings is 1. The fourth-order valence-electron chi connectivity index (χ4n) is 5.77. The van der Waals surface area contributed by atoms with Crippen molar-refractivity contribution in [3.05, 3.63) is 64.0 Å². The molecule has 0 bridgehead atoms. The lowest BCUT2D eigenvalue weighted by Crippen LogP contribution is -2.49. The minimum atomic E-state index is -0.365. The van der Waals surface area contributed by atoms with Gasteiger partial charge < -0.3 is 24.4 Å². The van der Waals surface area contributed by atoms with Crippen molar-refractivity contribution in [3.8, 4) is 22.6 Å². The van der Waals surface area contributed by atoms with Gasteiger partial charge in [-0.2, -0.15) is 4.98 Å². The van der Waals surface area contributed by atoms with Crippen LogP contribution in [0.25, 0.3) is 22.2 Å². The highest BCUT2D eigenvalue weighted by Gasteiger charge is 2.31. The zero-order valence-corrected chi connectivity index (χ0v) is 27.3. The summed E-state index contributed by atoms with van der Waals surface area (Å²) < 4.78 is 18.1. The molecule has 1 amide bonds. The first-order valence-electron chi connectivity index (χ1n) is 14.8. The average Bonchev–Trinajstić information content (AvgIpc) is 3.50. The van der Waals surface area contributed by atoms with Gasteiger partial charge in [0.1, 0.15) is 17.1 Å². The van der Waals surface area contributed by atoms with Crippen molar-refractivity contribution >= 4 is 51.9 Å². The Morgan fingerprint density at radius 3 is 2.37 bits per heavy atom. The Balaban J connectivity index is 1.54. The monoisotopic (exact) mass is 670 g/mol. The highest BCUT2D eigenvalue weighted by atomic mass is 35.5. The average molecular weight is 672 g/mol. The molecule has 0 radical (unpaired) electrons. The lowest BCUT2D eigenvalue weighted by atomic mass is 9.97. The summed E-state index contributed by atoms with van der Waals surface area (Å²) in [5.41, 5.74) is 0.552. The molecule has 2 aromatic heterocycles. The van der Waals surface area contributed by atoms with Gasteiger partial charge >= 0.3 is 0 Å². The van der Waals surface area contributed by atoms with E-state index in [0.717, 1.165) is 0 Å². The summed E-state index contributed by atoms with van der Waals surface area (Å²) in [6, 6.07) is 3.03. The van der Waals surface area contributed by atoms with Gasteiger partial charge in [-0.05, 0) is 18.2 Å². The molecule has 46 heavy (non-hydrogen) atoms. The Labute approximate surface area is 276 Å². The number of allylic oxidation sites excluding steroid dienone is 1. The van der Waals surface area contributed by atoms with E-state index in [1.165, 1.54) is 26.4 Å². The molecule has 244 valence electrons. The highest BCUT2D eigenvalue weighted by molar-refractivity contribution is 6.41. The van der Waals surface area contributed by atoms with E-state index in [1.807, 2.05) is 0 Å². The van der Waals surface area contributed by atoms with Gasteiger partial charge in [-0.1, -0.05) is 36.4 Å². The van der Waals surface area contributed by atoms with E-state index in [1.54, 1.807) is 27.8 Å². The van der Waals surface area contributed by atoms with Crippen LogP contribution < -0.4 is 20.3 Å². The fourth-order valence-corrected chi connectivity index (χ4v) is 6.47. The highest BCUT2D eigenvalue weighted by Crippen LogP contribution is 2.45. The summed E-state index contributed by atoms with van der Waals surface area (Å²) in [5, 5.41) is 4.21. The number of carbonyl (C=O) groups is 2. The van der Waals surface area contributed by atoms with Crippen molar-refractivity contribution in [2.45, 2.75) is 19.0 Å². The number of carbonyl (C=O) groups excluding carboxylic acids is 2. The third-order valence-electron chi connectivity index (χ3n) is 8.37. The summed E-state index contributed by atoms with van der Waals surface area (Å²) in [6.45, 7) is 11.2. The maximum absolute atomic E-state index is 14.3. The molecule has 2 saturated heterocycles. The molecule has 12 nitrogen and oxygen atoms in total. The maximum atomic E-state index is 14.3. The number of methoxy groups -OCH3 is 2. The quantitative estimate of drug-likeness (QED) is 0.285. The van der Waals surface area contributed by atoms with Gasteiger partial charge in [-0.15, -0.1) is 0 Å². The van der Waals surface area contributed by atoms with E-state index in [2.05, 4.69) is 28.4 Å². The first-order valence-corrected chi connectivity index (χ1v) is 15.6. The first-order chi connectivity index (χ1) is 22.2. The van der Waals surface area contributed by atoms with E-state index >= 15 is 0 Å². The molecule has 1 aromatic carbocycles. The molecule has 14 heteroatoms. The maximum Gasteiger partial charge on any atom is 0.260 e. The molecule has 0 saturated carbocycles. The molecular formula is C32H36Cl2N6O6. The Bertz CT molecular complexity index is 1690. The minimum Gasteiger partial charge on any atom is -0.495 e. The van der Waals surface area contributed by atoms with Gasteiger partial charge in [-0.3, -0.25) is 23.9 Å². The molecule has 2 atom stereocenters. The molecule has 4 heterocycles. The Kier molecular flexibility index (Phi) is 10.6. The van der Waals surface area contributed by atoms with Gasteiger partial charge in [0.25, 0.3) is 5.56 Å². The van der Waals surface area contributed by atoms with Crippen LogP contribution in [0.2, 0.25) is 10.0 Å². The molecule has 1 N–H and O–H groups in total. The number of fused-ring (bicyclic) bond motifs is 1. The van der Waals surface area contributed by atoms with E-state index < -0.39 is 0 Å². The van der Waals surface area contributed by atoms with Gasteiger partial charge in [0, 0.05) is 74.8 Å². The predicted molar refractivity (Wildman–Crippen MR) is 177 cm³/mol. The van der Waals surface area contributed by atoms with Crippen LogP contribution in [0.15, 0.2) is 48.4 Å². The summed E-state index contributed by atoms with van der Waals surface area (Å²) in [6.07, 6.45) is 4.55. The normalized spacial score (nSPS) is 18.4. The third kappa shape index (κ3) is 6.90. The number of piperazine rings is 1. The molecule has 3 aromatic rings. The number of hydrogen-bond donors (Lipinski definition) is 1. The van der Waals surface area contributed by atoms with Crippen LogP contribution in [0.1, 0.15) is 6.42 Å². The van der Waals surface area contributed by atoms with Gasteiger partial charge in [0.2, 0.25) is 11.9 Å². The molecule has 0 unspecified atom stereocenters. The molecule has 0 spiro atoms.